The van der Waals surface area contributed by atoms with Crippen LogP contribution in [-0.4, -0.2) is 4.89 Å². The first-order valence-electron chi connectivity index (χ1n) is 4.81. The lowest BCUT2D eigenvalue weighted by atomic mass is 10.1. The van der Waals surface area contributed by atoms with E-state index in [1.54, 1.807) is 12.1 Å². The van der Waals surface area contributed by atoms with Gasteiger partial charge in [-0.2, -0.15) is 0 Å². The van der Waals surface area contributed by atoms with E-state index in [0.717, 1.165) is 10.9 Å². The molecule has 0 bridgehead atoms. The molecule has 1 atom stereocenters. The van der Waals surface area contributed by atoms with Gasteiger partial charge in [0.15, 0.2) is 8.03 Å². The highest BCUT2D eigenvalue weighted by molar-refractivity contribution is 7.37. The molecule has 4 nitrogen and oxygen atoms in total. The first-order chi connectivity index (χ1) is 7.56. The minimum Gasteiger partial charge on any atom is -0.423 e. The summed E-state index contributed by atoms with van der Waals surface area (Å²) < 4.78 is 15.9. The van der Waals surface area contributed by atoms with Crippen molar-refractivity contribution < 1.29 is 13.9 Å². The van der Waals surface area contributed by atoms with Crippen LogP contribution in [0.4, 0.5) is 0 Å². The third-order valence-corrected chi connectivity index (χ3v) is 3.01. The van der Waals surface area contributed by atoms with Crippen LogP contribution in [0.2, 0.25) is 0 Å². The van der Waals surface area contributed by atoms with E-state index in [1.807, 2.05) is 13.0 Å². The van der Waals surface area contributed by atoms with Gasteiger partial charge >= 0.3 is 5.63 Å². The maximum atomic E-state index is 11.3. The van der Waals surface area contributed by atoms with Crippen LogP contribution < -0.4 is 5.63 Å². The molecule has 0 fully saturated rings. The van der Waals surface area contributed by atoms with Crippen LogP contribution in [0.1, 0.15) is 11.1 Å². The topological polar surface area (TPSA) is 67.5 Å². The molecule has 0 aliphatic carbocycles. The summed E-state index contributed by atoms with van der Waals surface area (Å²) in [6, 6.07) is 6.69. The van der Waals surface area contributed by atoms with E-state index in [2.05, 4.69) is 0 Å². The van der Waals surface area contributed by atoms with Gasteiger partial charge in [-0.25, -0.2) is 4.79 Å². The molecule has 0 spiro atoms. The summed E-state index contributed by atoms with van der Waals surface area (Å²) in [5, 5.41) is 0.720. The number of hydrogen-bond acceptors (Lipinski definition) is 3. The second-order valence-electron chi connectivity index (χ2n) is 3.66. The zero-order chi connectivity index (χ0) is 11.7. The van der Waals surface area contributed by atoms with E-state index < -0.39 is 13.7 Å². The number of fused-ring (bicyclic) bond motifs is 1. The molecule has 1 N–H and O–H groups in total. The van der Waals surface area contributed by atoms with Gasteiger partial charge in [0, 0.05) is 17.6 Å². The fourth-order valence-electron chi connectivity index (χ4n) is 1.65. The largest absolute Gasteiger partial charge is 0.423 e. The highest BCUT2D eigenvalue weighted by Crippen LogP contribution is 2.26. The van der Waals surface area contributed by atoms with Crippen LogP contribution in [0.25, 0.3) is 11.0 Å². The Labute approximate surface area is 92.4 Å². The van der Waals surface area contributed by atoms with Crippen molar-refractivity contribution >= 4 is 19.0 Å². The molecule has 1 unspecified atom stereocenters. The van der Waals surface area contributed by atoms with Crippen molar-refractivity contribution in [2.45, 2.75) is 13.1 Å². The van der Waals surface area contributed by atoms with Gasteiger partial charge in [0.25, 0.3) is 0 Å². The fraction of sp³-hybridized carbons (Fsp3) is 0.182. The minimum absolute atomic E-state index is 0.00975. The summed E-state index contributed by atoms with van der Waals surface area (Å²) in [4.78, 5) is 20.2. The average Bonchev–Trinajstić information content (AvgIpc) is 2.15. The van der Waals surface area contributed by atoms with E-state index >= 15 is 0 Å². The smallest absolute Gasteiger partial charge is 0.336 e. The standard InChI is InChI=1S/C11H11O4P/c1-7-2-3-9-8(6-16(13)14)5-11(12)15-10(9)4-7/h2-5,16H,6H2,1H3,(H,13,14). The van der Waals surface area contributed by atoms with E-state index in [0.29, 0.717) is 11.1 Å². The molecule has 5 heteroatoms. The quantitative estimate of drug-likeness (QED) is 0.642. The van der Waals surface area contributed by atoms with Crippen molar-refractivity contribution in [2.24, 2.45) is 0 Å². The molecular formula is C11H11O4P. The third-order valence-electron chi connectivity index (χ3n) is 2.33. The summed E-state index contributed by atoms with van der Waals surface area (Å²) in [6.07, 6.45) is 0.00975. The third kappa shape index (κ3) is 2.23. The SMILES string of the molecule is Cc1ccc2c(C[PH](=O)O)cc(=O)oc2c1. The molecule has 1 aromatic carbocycles. The van der Waals surface area contributed by atoms with E-state index in [4.69, 9.17) is 9.31 Å². The second-order valence-corrected chi connectivity index (χ2v) is 4.80. The summed E-state index contributed by atoms with van der Waals surface area (Å²) in [6.45, 7) is 1.89. The molecular weight excluding hydrogens is 227 g/mol. The maximum Gasteiger partial charge on any atom is 0.336 e. The van der Waals surface area contributed by atoms with Gasteiger partial charge < -0.3 is 9.31 Å². The lowest BCUT2D eigenvalue weighted by Crippen LogP contribution is -1.99. The molecule has 1 heterocycles. The van der Waals surface area contributed by atoms with Gasteiger partial charge in [-0.15, -0.1) is 0 Å². The van der Waals surface area contributed by atoms with Crippen molar-refractivity contribution in [3.8, 4) is 0 Å². The monoisotopic (exact) mass is 238 g/mol. The number of hydrogen-bond donors (Lipinski definition) is 1. The summed E-state index contributed by atoms with van der Waals surface area (Å²) in [7, 11) is -2.63. The molecule has 0 amide bonds. The lowest BCUT2D eigenvalue weighted by Gasteiger charge is -2.03. The Balaban J connectivity index is 2.72. The fourth-order valence-corrected chi connectivity index (χ4v) is 2.26. The van der Waals surface area contributed by atoms with Crippen molar-refractivity contribution in [1.82, 2.24) is 0 Å². The summed E-state index contributed by atoms with van der Waals surface area (Å²) >= 11 is 0. The van der Waals surface area contributed by atoms with Crippen molar-refractivity contribution in [2.75, 3.05) is 0 Å². The number of rotatable bonds is 2. The van der Waals surface area contributed by atoms with Gasteiger partial charge in [0.05, 0.1) is 0 Å². The summed E-state index contributed by atoms with van der Waals surface area (Å²) in [5.41, 5.74) is 1.52. The summed E-state index contributed by atoms with van der Waals surface area (Å²) in [5.74, 6) is 0. The molecule has 84 valence electrons. The van der Waals surface area contributed by atoms with Crippen molar-refractivity contribution in [3.05, 3.63) is 45.8 Å². The van der Waals surface area contributed by atoms with Crippen molar-refractivity contribution in [1.29, 1.82) is 0 Å². The highest BCUT2D eigenvalue weighted by atomic mass is 31.1. The first kappa shape index (κ1) is 11.1. The maximum absolute atomic E-state index is 11.3. The Morgan fingerprint density at radius 2 is 2.12 bits per heavy atom. The van der Waals surface area contributed by atoms with Crippen LogP contribution in [-0.2, 0) is 10.7 Å². The molecule has 2 aromatic rings. The molecule has 0 saturated heterocycles. The van der Waals surface area contributed by atoms with Crippen LogP contribution >= 0.6 is 8.03 Å². The second kappa shape index (κ2) is 4.24. The average molecular weight is 238 g/mol. The predicted molar refractivity (Wildman–Crippen MR) is 62.1 cm³/mol. The predicted octanol–water partition coefficient (Wildman–Crippen LogP) is 2.07. The zero-order valence-corrected chi connectivity index (χ0v) is 9.69. The lowest BCUT2D eigenvalue weighted by molar-refractivity contribution is 0.502. The van der Waals surface area contributed by atoms with Crippen LogP contribution in [0.15, 0.2) is 33.5 Å². The molecule has 2 rings (SSSR count). The van der Waals surface area contributed by atoms with Crippen LogP contribution in [0.5, 0.6) is 0 Å². The van der Waals surface area contributed by atoms with Gasteiger partial charge in [0.1, 0.15) is 5.58 Å². The Morgan fingerprint density at radius 1 is 1.38 bits per heavy atom. The van der Waals surface area contributed by atoms with E-state index in [-0.39, 0.29) is 6.16 Å². The Hall–Kier alpha value is -1.38. The molecule has 0 radical (unpaired) electrons. The van der Waals surface area contributed by atoms with Gasteiger partial charge in [-0.05, 0) is 24.1 Å². The van der Waals surface area contributed by atoms with Gasteiger partial charge in [0.2, 0.25) is 0 Å². The van der Waals surface area contributed by atoms with E-state index in [9.17, 15) is 9.36 Å². The molecule has 0 saturated carbocycles. The van der Waals surface area contributed by atoms with Gasteiger partial charge in [-0.1, -0.05) is 12.1 Å². The normalized spacial score (nSPS) is 12.9. The minimum atomic E-state index is -2.63. The van der Waals surface area contributed by atoms with E-state index in [1.165, 1.54) is 6.07 Å². The Morgan fingerprint density at radius 3 is 2.81 bits per heavy atom. The first-order valence-corrected chi connectivity index (χ1v) is 6.38. The Bertz CT molecular complexity index is 615. The van der Waals surface area contributed by atoms with Gasteiger partial charge in [-0.3, -0.25) is 4.57 Å². The molecule has 1 aromatic heterocycles. The molecule has 0 aliphatic heterocycles. The Kier molecular flexibility index (Phi) is 2.95. The molecule has 0 aliphatic rings. The number of aryl methyl sites for hydroxylation is 1. The van der Waals surface area contributed by atoms with Crippen LogP contribution in [0, 0.1) is 6.92 Å². The highest BCUT2D eigenvalue weighted by Gasteiger charge is 2.07. The number of benzene rings is 1. The molecule has 16 heavy (non-hydrogen) atoms. The zero-order valence-electron chi connectivity index (χ0n) is 8.69. The van der Waals surface area contributed by atoms with Crippen molar-refractivity contribution in [3.63, 3.8) is 0 Å². The van der Waals surface area contributed by atoms with Crippen LogP contribution in [0.3, 0.4) is 0 Å².